The molecule has 0 N–H and O–H groups in total. The minimum absolute atomic E-state index is 0.0255. The number of hydrogen-bond acceptors (Lipinski definition) is 1. The lowest BCUT2D eigenvalue weighted by Gasteiger charge is -2.32. The molecule has 2 rings (SSSR count). The minimum atomic E-state index is 0.0255. The summed E-state index contributed by atoms with van der Waals surface area (Å²) >= 11 is 0. The molecule has 90 valence electrons. The lowest BCUT2D eigenvalue weighted by atomic mass is 9.70. The highest BCUT2D eigenvalue weighted by Gasteiger charge is 2.61. The fraction of sp³-hybridized carbons (Fsp3) is 0.800. The van der Waals surface area contributed by atoms with Crippen molar-refractivity contribution in [2.24, 2.45) is 16.7 Å². The number of fused-ring (bicyclic) bond motifs is 2. The van der Waals surface area contributed by atoms with Crippen LogP contribution >= 0.6 is 0 Å². The van der Waals surface area contributed by atoms with Gasteiger partial charge in [-0.2, -0.15) is 0 Å². The van der Waals surface area contributed by atoms with E-state index in [1.54, 1.807) is 0 Å². The van der Waals surface area contributed by atoms with Crippen LogP contribution in [-0.2, 0) is 4.79 Å². The zero-order valence-electron chi connectivity index (χ0n) is 11.3. The Balaban J connectivity index is 0.000000221. The third-order valence-electron chi connectivity index (χ3n) is 4.84. The van der Waals surface area contributed by atoms with Gasteiger partial charge in [0.25, 0.3) is 0 Å². The van der Waals surface area contributed by atoms with Gasteiger partial charge in [0, 0.05) is 18.3 Å². The van der Waals surface area contributed by atoms with Gasteiger partial charge in [-0.1, -0.05) is 27.7 Å². The Hall–Kier alpha value is -0.770. The van der Waals surface area contributed by atoms with Crippen LogP contribution in [-0.4, -0.2) is 5.78 Å². The topological polar surface area (TPSA) is 17.1 Å². The van der Waals surface area contributed by atoms with Crippen LogP contribution in [0.25, 0.3) is 0 Å². The molecule has 2 atom stereocenters. The van der Waals surface area contributed by atoms with Gasteiger partial charge in [-0.3, -0.25) is 4.79 Å². The van der Waals surface area contributed by atoms with Gasteiger partial charge in [-0.25, -0.2) is 0 Å². The molecule has 0 aromatic rings. The van der Waals surface area contributed by atoms with Gasteiger partial charge in [0.15, 0.2) is 0 Å². The largest absolute Gasteiger partial charge is 0.299 e. The van der Waals surface area contributed by atoms with Crippen LogP contribution in [0.3, 0.4) is 0 Å². The lowest BCUT2D eigenvalue weighted by Crippen LogP contribution is -2.32. The van der Waals surface area contributed by atoms with Crippen LogP contribution in [0.5, 0.6) is 0 Å². The van der Waals surface area contributed by atoms with Crippen LogP contribution < -0.4 is 0 Å². The zero-order chi connectivity index (χ0) is 12.4. The molecule has 1 nitrogen and oxygen atoms in total. The quantitative estimate of drug-likeness (QED) is 0.567. The van der Waals surface area contributed by atoms with Crippen LogP contribution in [0, 0.1) is 28.6 Å². The van der Waals surface area contributed by atoms with Gasteiger partial charge in [0.1, 0.15) is 5.78 Å². The molecular weight excluding hydrogens is 196 g/mol. The first-order valence-corrected chi connectivity index (χ1v) is 6.33. The molecule has 0 spiro atoms. The highest BCUT2D eigenvalue weighted by Crippen LogP contribution is 2.63. The number of carbonyl (C=O) groups is 1. The average molecular weight is 220 g/mol. The molecule has 2 saturated carbocycles. The molecule has 2 aliphatic rings. The molecule has 2 unspecified atom stereocenters. The molecule has 2 bridgehead atoms. The van der Waals surface area contributed by atoms with E-state index in [-0.39, 0.29) is 10.8 Å². The van der Waals surface area contributed by atoms with E-state index in [1.807, 2.05) is 13.8 Å². The summed E-state index contributed by atoms with van der Waals surface area (Å²) in [5, 5.41) is 0. The summed E-state index contributed by atoms with van der Waals surface area (Å²) in [6.45, 7) is 10.6. The van der Waals surface area contributed by atoms with Gasteiger partial charge in [-0.15, -0.1) is 11.8 Å². The molecular formula is C15H24O. The second-order valence-corrected chi connectivity index (χ2v) is 5.70. The van der Waals surface area contributed by atoms with Crippen molar-refractivity contribution in [1.29, 1.82) is 0 Å². The summed E-state index contributed by atoms with van der Waals surface area (Å²) < 4.78 is 0. The van der Waals surface area contributed by atoms with E-state index in [0.29, 0.717) is 11.7 Å². The van der Waals surface area contributed by atoms with Crippen LogP contribution in [0.1, 0.15) is 60.3 Å². The Morgan fingerprint density at radius 2 is 2.00 bits per heavy atom. The molecule has 0 amide bonds. The standard InChI is InChI=1S/C10H16O.C5H8/c1-9(2)7-4-5-10(9,3)8(11)6-7;1-3-5-4-2/h7H,4-6H2,1-3H3;3H2,1-2H3. The molecule has 0 aliphatic heterocycles. The fourth-order valence-electron chi connectivity index (χ4n) is 3.08. The van der Waals surface area contributed by atoms with Gasteiger partial charge in [0.05, 0.1) is 0 Å². The first-order chi connectivity index (χ1) is 7.40. The maximum absolute atomic E-state index is 11.6. The fourth-order valence-corrected chi connectivity index (χ4v) is 3.08. The molecule has 0 radical (unpaired) electrons. The van der Waals surface area contributed by atoms with E-state index in [4.69, 9.17) is 0 Å². The van der Waals surface area contributed by atoms with Crippen LogP contribution in [0.4, 0.5) is 0 Å². The van der Waals surface area contributed by atoms with Crippen molar-refractivity contribution in [2.45, 2.75) is 60.3 Å². The number of carbonyl (C=O) groups excluding carboxylic acids is 1. The third-order valence-corrected chi connectivity index (χ3v) is 4.84. The van der Waals surface area contributed by atoms with E-state index >= 15 is 0 Å². The average Bonchev–Trinajstić information content (AvgIpc) is 2.53. The molecule has 0 aromatic carbocycles. The Morgan fingerprint density at radius 1 is 1.38 bits per heavy atom. The molecule has 16 heavy (non-hydrogen) atoms. The molecule has 0 aromatic heterocycles. The van der Waals surface area contributed by atoms with Crippen molar-refractivity contribution in [3.63, 3.8) is 0 Å². The summed E-state index contributed by atoms with van der Waals surface area (Å²) in [7, 11) is 0. The zero-order valence-corrected chi connectivity index (χ0v) is 11.3. The first kappa shape index (κ1) is 13.3. The normalized spacial score (nSPS) is 33.8. The van der Waals surface area contributed by atoms with Crippen molar-refractivity contribution < 1.29 is 4.79 Å². The van der Waals surface area contributed by atoms with Crippen molar-refractivity contribution >= 4 is 5.78 Å². The molecule has 1 heteroatoms. The number of hydrogen-bond donors (Lipinski definition) is 0. The maximum atomic E-state index is 11.6. The van der Waals surface area contributed by atoms with Gasteiger partial charge >= 0.3 is 0 Å². The van der Waals surface area contributed by atoms with Crippen LogP contribution in [0.2, 0.25) is 0 Å². The van der Waals surface area contributed by atoms with Gasteiger partial charge in [0.2, 0.25) is 0 Å². The van der Waals surface area contributed by atoms with E-state index in [2.05, 4.69) is 32.6 Å². The number of Topliss-reactive ketones (excluding diaryl/α,β-unsaturated/α-hetero) is 1. The minimum Gasteiger partial charge on any atom is -0.299 e. The highest BCUT2D eigenvalue weighted by molar-refractivity contribution is 5.89. The lowest BCUT2D eigenvalue weighted by molar-refractivity contribution is -0.128. The third kappa shape index (κ3) is 1.90. The summed E-state index contributed by atoms with van der Waals surface area (Å²) in [6.07, 6.45) is 4.23. The SMILES string of the molecule is CC#CCC.CC12CCC(CC1=O)C2(C)C. The van der Waals surface area contributed by atoms with E-state index < -0.39 is 0 Å². The van der Waals surface area contributed by atoms with Crippen molar-refractivity contribution in [3.05, 3.63) is 0 Å². The van der Waals surface area contributed by atoms with E-state index in [9.17, 15) is 4.79 Å². The number of ketones is 1. The number of rotatable bonds is 0. The molecule has 0 heterocycles. The van der Waals surface area contributed by atoms with Gasteiger partial charge < -0.3 is 0 Å². The highest BCUT2D eigenvalue weighted by atomic mass is 16.1. The summed E-state index contributed by atoms with van der Waals surface area (Å²) in [4.78, 5) is 11.6. The second kappa shape index (κ2) is 4.62. The molecule has 2 fully saturated rings. The monoisotopic (exact) mass is 220 g/mol. The summed E-state index contributed by atoms with van der Waals surface area (Å²) in [5.41, 5.74) is 0.307. The van der Waals surface area contributed by atoms with E-state index in [0.717, 1.165) is 19.3 Å². The van der Waals surface area contributed by atoms with Crippen LogP contribution in [0.15, 0.2) is 0 Å². The summed E-state index contributed by atoms with van der Waals surface area (Å²) in [5.74, 6) is 6.82. The Morgan fingerprint density at radius 3 is 2.12 bits per heavy atom. The molecule has 2 aliphatic carbocycles. The first-order valence-electron chi connectivity index (χ1n) is 6.33. The Kier molecular flexibility index (Phi) is 3.84. The second-order valence-electron chi connectivity index (χ2n) is 5.70. The Bertz CT molecular complexity index is 329. The predicted molar refractivity (Wildman–Crippen MR) is 68.0 cm³/mol. The van der Waals surface area contributed by atoms with Crippen molar-refractivity contribution in [2.75, 3.05) is 0 Å². The Labute approximate surface area is 100 Å². The smallest absolute Gasteiger partial charge is 0.139 e. The van der Waals surface area contributed by atoms with Crippen molar-refractivity contribution in [3.8, 4) is 11.8 Å². The van der Waals surface area contributed by atoms with Crippen molar-refractivity contribution in [1.82, 2.24) is 0 Å². The molecule has 0 saturated heterocycles. The maximum Gasteiger partial charge on any atom is 0.139 e. The van der Waals surface area contributed by atoms with Gasteiger partial charge in [-0.05, 0) is 31.1 Å². The van der Waals surface area contributed by atoms with E-state index in [1.165, 1.54) is 6.42 Å². The summed E-state index contributed by atoms with van der Waals surface area (Å²) in [6, 6.07) is 0. The predicted octanol–water partition coefficient (Wildman–Crippen LogP) is 3.82.